The first-order valence-electron chi connectivity index (χ1n) is 5.84. The molecule has 0 amide bonds. The zero-order valence-electron chi connectivity index (χ0n) is 9.88. The van der Waals surface area contributed by atoms with E-state index < -0.39 is 12.1 Å². The highest BCUT2D eigenvalue weighted by Gasteiger charge is 2.32. The number of carboxylic acid groups (broad SMARTS) is 1. The van der Waals surface area contributed by atoms with E-state index in [1.54, 1.807) is 6.92 Å². The lowest BCUT2D eigenvalue weighted by Gasteiger charge is -2.31. The number of nitrogens with one attached hydrogen (secondary N) is 1. The SMILES string of the molecule is CC1Nc2ccc3ccccc3c2OC1C(=O)O. The Bertz CT molecular complexity index is 623. The van der Waals surface area contributed by atoms with Gasteiger partial charge in [-0.2, -0.15) is 0 Å². The van der Waals surface area contributed by atoms with Crippen LogP contribution in [0.15, 0.2) is 36.4 Å². The number of aliphatic carboxylic acids is 1. The van der Waals surface area contributed by atoms with Crippen molar-refractivity contribution < 1.29 is 14.6 Å². The van der Waals surface area contributed by atoms with Crippen molar-refractivity contribution in [3.05, 3.63) is 36.4 Å². The molecule has 0 bridgehead atoms. The molecule has 18 heavy (non-hydrogen) atoms. The van der Waals surface area contributed by atoms with Gasteiger partial charge in [-0.05, 0) is 18.4 Å². The first kappa shape index (κ1) is 10.9. The largest absolute Gasteiger partial charge is 0.478 e. The highest BCUT2D eigenvalue weighted by Crippen LogP contribution is 2.38. The third kappa shape index (κ3) is 1.57. The Kier molecular flexibility index (Phi) is 2.37. The fourth-order valence-corrected chi connectivity index (χ4v) is 2.30. The second kappa shape index (κ2) is 3.91. The third-order valence-corrected chi connectivity index (χ3v) is 3.21. The van der Waals surface area contributed by atoms with Gasteiger partial charge in [-0.3, -0.25) is 0 Å². The van der Waals surface area contributed by atoms with E-state index >= 15 is 0 Å². The lowest BCUT2D eigenvalue weighted by molar-refractivity contribution is -0.145. The summed E-state index contributed by atoms with van der Waals surface area (Å²) in [7, 11) is 0. The summed E-state index contributed by atoms with van der Waals surface area (Å²) >= 11 is 0. The van der Waals surface area contributed by atoms with Crippen LogP contribution in [-0.4, -0.2) is 23.2 Å². The lowest BCUT2D eigenvalue weighted by atomic mass is 10.0. The first-order chi connectivity index (χ1) is 8.66. The van der Waals surface area contributed by atoms with E-state index in [1.807, 2.05) is 36.4 Å². The molecule has 2 unspecified atom stereocenters. The second-order valence-corrected chi connectivity index (χ2v) is 4.47. The monoisotopic (exact) mass is 243 g/mol. The third-order valence-electron chi connectivity index (χ3n) is 3.21. The van der Waals surface area contributed by atoms with Crippen LogP contribution in [-0.2, 0) is 4.79 Å². The highest BCUT2D eigenvalue weighted by molar-refractivity contribution is 5.94. The van der Waals surface area contributed by atoms with Crippen molar-refractivity contribution in [1.29, 1.82) is 0 Å². The van der Waals surface area contributed by atoms with Crippen molar-refractivity contribution >= 4 is 22.4 Å². The van der Waals surface area contributed by atoms with Crippen molar-refractivity contribution in [3.8, 4) is 5.75 Å². The van der Waals surface area contributed by atoms with E-state index in [0.717, 1.165) is 16.5 Å². The molecule has 0 fully saturated rings. The summed E-state index contributed by atoms with van der Waals surface area (Å²) in [5.74, 6) is -0.327. The molecule has 4 heteroatoms. The molecule has 0 radical (unpaired) electrons. The summed E-state index contributed by atoms with van der Waals surface area (Å²) in [5, 5.41) is 14.3. The van der Waals surface area contributed by atoms with E-state index in [-0.39, 0.29) is 6.04 Å². The van der Waals surface area contributed by atoms with Crippen LogP contribution in [0.5, 0.6) is 5.75 Å². The summed E-state index contributed by atoms with van der Waals surface area (Å²) in [5.41, 5.74) is 0.846. The van der Waals surface area contributed by atoms with Crippen LogP contribution in [0, 0.1) is 0 Å². The summed E-state index contributed by atoms with van der Waals surface area (Å²) in [6.45, 7) is 1.80. The van der Waals surface area contributed by atoms with Gasteiger partial charge in [-0.15, -0.1) is 0 Å². The van der Waals surface area contributed by atoms with E-state index in [1.165, 1.54) is 0 Å². The number of rotatable bonds is 1. The Labute approximate surface area is 104 Å². The zero-order valence-corrected chi connectivity index (χ0v) is 9.88. The van der Waals surface area contributed by atoms with Crippen molar-refractivity contribution in [2.75, 3.05) is 5.32 Å². The molecule has 0 saturated heterocycles. The molecule has 0 spiro atoms. The van der Waals surface area contributed by atoms with Gasteiger partial charge in [0.25, 0.3) is 0 Å². The molecule has 2 aromatic carbocycles. The van der Waals surface area contributed by atoms with Crippen molar-refractivity contribution in [1.82, 2.24) is 0 Å². The number of carboxylic acids is 1. The molecule has 1 aliphatic heterocycles. The summed E-state index contributed by atoms with van der Waals surface area (Å²) in [6.07, 6.45) is -0.858. The van der Waals surface area contributed by atoms with Gasteiger partial charge in [-0.1, -0.05) is 30.3 Å². The molecular formula is C14H13NO3. The van der Waals surface area contributed by atoms with E-state index in [9.17, 15) is 4.79 Å². The van der Waals surface area contributed by atoms with Crippen molar-refractivity contribution in [2.45, 2.75) is 19.1 Å². The molecule has 3 rings (SSSR count). The standard InChI is InChI=1S/C14H13NO3/c1-8-12(14(16)17)18-13-10-5-3-2-4-9(10)6-7-11(13)15-8/h2-8,12,15H,1H3,(H,16,17). The first-order valence-corrected chi connectivity index (χ1v) is 5.84. The smallest absolute Gasteiger partial charge is 0.347 e. The normalized spacial score (nSPS) is 21.8. The van der Waals surface area contributed by atoms with Crippen LogP contribution < -0.4 is 10.1 Å². The lowest BCUT2D eigenvalue weighted by Crippen LogP contribution is -2.44. The number of hydrogen-bond donors (Lipinski definition) is 2. The fourth-order valence-electron chi connectivity index (χ4n) is 2.30. The van der Waals surface area contributed by atoms with Gasteiger partial charge in [0.15, 0.2) is 5.75 Å². The molecule has 1 heterocycles. The molecule has 0 aromatic heterocycles. The maximum atomic E-state index is 11.1. The second-order valence-electron chi connectivity index (χ2n) is 4.47. The molecule has 2 aromatic rings. The number of hydrogen-bond acceptors (Lipinski definition) is 3. The van der Waals surface area contributed by atoms with Crippen LogP contribution in [0.4, 0.5) is 5.69 Å². The topological polar surface area (TPSA) is 58.6 Å². The van der Waals surface area contributed by atoms with Gasteiger partial charge in [0.05, 0.1) is 11.7 Å². The van der Waals surface area contributed by atoms with E-state index in [0.29, 0.717) is 5.75 Å². The average molecular weight is 243 g/mol. The van der Waals surface area contributed by atoms with Gasteiger partial charge in [-0.25, -0.2) is 4.79 Å². The predicted octanol–water partition coefficient (Wildman–Crippen LogP) is 2.49. The fraction of sp³-hybridized carbons (Fsp3) is 0.214. The Hall–Kier alpha value is -2.23. The quantitative estimate of drug-likeness (QED) is 0.807. The zero-order chi connectivity index (χ0) is 12.7. The van der Waals surface area contributed by atoms with Gasteiger partial charge in [0, 0.05) is 5.39 Å². The minimum absolute atomic E-state index is 0.254. The Morgan fingerprint density at radius 1 is 1.28 bits per heavy atom. The Morgan fingerprint density at radius 3 is 2.83 bits per heavy atom. The molecule has 2 atom stereocenters. The Morgan fingerprint density at radius 2 is 2.06 bits per heavy atom. The van der Waals surface area contributed by atoms with Gasteiger partial charge in [0.1, 0.15) is 0 Å². The minimum atomic E-state index is -0.950. The van der Waals surface area contributed by atoms with E-state index in [4.69, 9.17) is 9.84 Å². The summed E-state index contributed by atoms with van der Waals surface area (Å²) < 4.78 is 5.66. The van der Waals surface area contributed by atoms with Crippen LogP contribution in [0.25, 0.3) is 10.8 Å². The molecule has 2 N–H and O–H groups in total. The highest BCUT2D eigenvalue weighted by atomic mass is 16.5. The van der Waals surface area contributed by atoms with Gasteiger partial charge in [0.2, 0.25) is 6.10 Å². The van der Waals surface area contributed by atoms with Gasteiger partial charge >= 0.3 is 5.97 Å². The van der Waals surface area contributed by atoms with Crippen molar-refractivity contribution in [2.24, 2.45) is 0 Å². The van der Waals surface area contributed by atoms with Crippen LogP contribution in [0.2, 0.25) is 0 Å². The molecule has 0 saturated carbocycles. The Balaban J connectivity index is 2.16. The number of benzene rings is 2. The molecular weight excluding hydrogens is 230 g/mol. The summed E-state index contributed by atoms with van der Waals surface area (Å²) in [4.78, 5) is 11.1. The number of anilines is 1. The number of fused-ring (bicyclic) bond motifs is 3. The van der Waals surface area contributed by atoms with E-state index in [2.05, 4.69) is 5.32 Å². The van der Waals surface area contributed by atoms with Gasteiger partial charge < -0.3 is 15.2 Å². The molecule has 1 aliphatic rings. The minimum Gasteiger partial charge on any atom is -0.478 e. The number of ether oxygens (including phenoxy) is 1. The van der Waals surface area contributed by atoms with Crippen LogP contribution in [0.1, 0.15) is 6.92 Å². The molecule has 0 aliphatic carbocycles. The number of carbonyl (C=O) groups is 1. The van der Waals surface area contributed by atoms with Crippen LogP contribution >= 0.6 is 0 Å². The maximum absolute atomic E-state index is 11.1. The predicted molar refractivity (Wildman–Crippen MR) is 69.1 cm³/mol. The van der Waals surface area contributed by atoms with Crippen molar-refractivity contribution in [3.63, 3.8) is 0 Å². The average Bonchev–Trinajstić information content (AvgIpc) is 2.37. The molecule has 4 nitrogen and oxygen atoms in total. The molecule has 92 valence electrons. The summed E-state index contributed by atoms with van der Waals surface area (Å²) in [6, 6.07) is 11.4. The van der Waals surface area contributed by atoms with Crippen LogP contribution in [0.3, 0.4) is 0 Å². The maximum Gasteiger partial charge on any atom is 0.347 e.